The van der Waals surface area contributed by atoms with Gasteiger partial charge in [-0.1, -0.05) is 0 Å². The highest BCUT2D eigenvalue weighted by Crippen LogP contribution is 2.55. The van der Waals surface area contributed by atoms with Crippen LogP contribution in [0.25, 0.3) is 0 Å². The molecule has 0 aromatic carbocycles. The molecule has 1 amide bonds. The molecule has 15 heavy (non-hydrogen) atoms. The number of ether oxygens (including phenoxy) is 1. The van der Waals surface area contributed by atoms with E-state index in [4.69, 9.17) is 0 Å². The van der Waals surface area contributed by atoms with E-state index < -0.39 is 18.4 Å². The number of methoxy groups -OCH3 is 1. The lowest BCUT2D eigenvalue weighted by molar-refractivity contribution is -0.0798. The molecule has 5 heteroatoms. The zero-order valence-corrected chi connectivity index (χ0v) is 8.72. The third kappa shape index (κ3) is 2.23. The normalized spacial score (nSPS) is 34.8. The van der Waals surface area contributed by atoms with Gasteiger partial charge in [0, 0.05) is 0 Å². The van der Waals surface area contributed by atoms with E-state index in [1.54, 1.807) is 0 Å². The molecule has 2 fully saturated rings. The summed E-state index contributed by atoms with van der Waals surface area (Å²) in [5, 5.41) is 20.9. The van der Waals surface area contributed by atoms with Crippen molar-refractivity contribution in [2.75, 3.05) is 7.11 Å². The van der Waals surface area contributed by atoms with Crippen molar-refractivity contribution in [2.45, 2.75) is 31.6 Å². The monoisotopic (exact) mass is 215 g/mol. The summed E-state index contributed by atoms with van der Waals surface area (Å²) in [4.78, 5) is 11.0. The van der Waals surface area contributed by atoms with Crippen LogP contribution in [-0.2, 0) is 4.74 Å². The summed E-state index contributed by atoms with van der Waals surface area (Å²) in [5.41, 5.74) is 0. The second-order valence-electron chi connectivity index (χ2n) is 4.56. The Morgan fingerprint density at radius 3 is 2.40 bits per heavy atom. The predicted octanol–water partition coefficient (Wildman–Crippen LogP) is 0.0678. The SMILES string of the molecule is COC(=O)NC(C(O)O)C1C[C@@H]2C[C@@H]2C1. The molecule has 2 unspecified atom stereocenters. The fourth-order valence-corrected chi connectivity index (χ4v) is 2.69. The first kappa shape index (κ1) is 10.7. The van der Waals surface area contributed by atoms with Gasteiger partial charge in [-0.3, -0.25) is 0 Å². The van der Waals surface area contributed by atoms with Crippen molar-refractivity contribution < 1.29 is 19.7 Å². The number of hydrogen-bond acceptors (Lipinski definition) is 4. The van der Waals surface area contributed by atoms with Crippen LogP contribution in [0.2, 0.25) is 0 Å². The molecule has 86 valence electrons. The van der Waals surface area contributed by atoms with Gasteiger partial charge in [0.2, 0.25) is 0 Å². The quantitative estimate of drug-likeness (QED) is 0.582. The van der Waals surface area contributed by atoms with E-state index in [2.05, 4.69) is 10.1 Å². The van der Waals surface area contributed by atoms with Gasteiger partial charge >= 0.3 is 6.09 Å². The van der Waals surface area contributed by atoms with Gasteiger partial charge in [-0.25, -0.2) is 4.79 Å². The summed E-state index contributed by atoms with van der Waals surface area (Å²) in [6, 6.07) is -0.592. The molecule has 4 atom stereocenters. The Morgan fingerprint density at radius 2 is 1.93 bits per heavy atom. The highest BCUT2D eigenvalue weighted by Gasteiger charge is 2.49. The number of fused-ring (bicyclic) bond motifs is 1. The molecule has 0 heterocycles. The van der Waals surface area contributed by atoms with Gasteiger partial charge < -0.3 is 20.3 Å². The predicted molar refractivity (Wildman–Crippen MR) is 51.9 cm³/mol. The van der Waals surface area contributed by atoms with Crippen LogP contribution in [0.15, 0.2) is 0 Å². The van der Waals surface area contributed by atoms with Gasteiger partial charge in [-0.15, -0.1) is 0 Å². The van der Waals surface area contributed by atoms with Crippen LogP contribution >= 0.6 is 0 Å². The Bertz CT molecular complexity index is 246. The number of hydrogen-bond donors (Lipinski definition) is 3. The van der Waals surface area contributed by atoms with Crippen LogP contribution in [0.4, 0.5) is 4.79 Å². The van der Waals surface area contributed by atoms with Crippen molar-refractivity contribution in [2.24, 2.45) is 17.8 Å². The van der Waals surface area contributed by atoms with Gasteiger partial charge in [0.15, 0.2) is 6.29 Å². The maximum Gasteiger partial charge on any atom is 0.407 e. The smallest absolute Gasteiger partial charge is 0.407 e. The van der Waals surface area contributed by atoms with E-state index in [0.29, 0.717) is 0 Å². The first-order valence-corrected chi connectivity index (χ1v) is 5.32. The lowest BCUT2D eigenvalue weighted by atomic mass is 9.94. The zero-order chi connectivity index (χ0) is 11.0. The van der Waals surface area contributed by atoms with Crippen LogP contribution in [0.1, 0.15) is 19.3 Å². The summed E-state index contributed by atoms with van der Waals surface area (Å²) >= 11 is 0. The Labute approximate surface area is 88.4 Å². The molecule has 2 rings (SSSR count). The zero-order valence-electron chi connectivity index (χ0n) is 8.72. The number of nitrogens with one attached hydrogen (secondary N) is 1. The number of amides is 1. The molecule has 2 aliphatic rings. The standard InChI is InChI=1S/C10H17NO4/c1-15-10(14)11-8(9(12)13)7-3-5-2-6(5)4-7/h5-9,12-13H,2-4H2,1H3,(H,11,14)/t5-,6+,7?,8?. The topological polar surface area (TPSA) is 78.8 Å². The summed E-state index contributed by atoms with van der Waals surface area (Å²) < 4.78 is 4.46. The minimum Gasteiger partial charge on any atom is -0.453 e. The van der Waals surface area contributed by atoms with Crippen molar-refractivity contribution >= 4 is 6.09 Å². The van der Waals surface area contributed by atoms with Gasteiger partial charge in [-0.05, 0) is 37.0 Å². The van der Waals surface area contributed by atoms with Gasteiger partial charge in [0.05, 0.1) is 13.2 Å². The number of carbonyl (C=O) groups is 1. The van der Waals surface area contributed by atoms with E-state index in [1.807, 2.05) is 0 Å². The summed E-state index contributed by atoms with van der Waals surface area (Å²) in [6.07, 6.45) is 1.12. The number of carbonyl (C=O) groups excluding carboxylic acids is 1. The minimum atomic E-state index is -1.51. The molecule has 0 saturated heterocycles. The lowest BCUT2D eigenvalue weighted by Crippen LogP contribution is -2.47. The first-order chi connectivity index (χ1) is 7.11. The second kappa shape index (κ2) is 3.98. The maximum atomic E-state index is 11.0. The molecular weight excluding hydrogens is 198 g/mol. The van der Waals surface area contributed by atoms with Crippen LogP contribution in [0, 0.1) is 17.8 Å². The van der Waals surface area contributed by atoms with E-state index in [9.17, 15) is 15.0 Å². The second-order valence-corrected chi connectivity index (χ2v) is 4.56. The molecule has 2 saturated carbocycles. The molecule has 2 aliphatic carbocycles. The molecule has 3 N–H and O–H groups in total. The van der Waals surface area contributed by atoms with Gasteiger partial charge in [0.25, 0.3) is 0 Å². The van der Waals surface area contributed by atoms with Crippen LogP contribution in [0.3, 0.4) is 0 Å². The number of rotatable bonds is 3. The van der Waals surface area contributed by atoms with Crippen LogP contribution < -0.4 is 5.32 Å². The molecule has 5 nitrogen and oxygen atoms in total. The fraction of sp³-hybridized carbons (Fsp3) is 0.900. The lowest BCUT2D eigenvalue weighted by Gasteiger charge is -2.26. The minimum absolute atomic E-state index is 0.174. The number of aliphatic hydroxyl groups is 2. The molecule has 0 aromatic rings. The Hall–Kier alpha value is -0.810. The molecule has 0 spiro atoms. The molecule has 0 bridgehead atoms. The molecular formula is C10H17NO4. The summed E-state index contributed by atoms with van der Waals surface area (Å²) in [6.45, 7) is 0. The van der Waals surface area contributed by atoms with Gasteiger partial charge in [-0.2, -0.15) is 0 Å². The molecule has 0 aliphatic heterocycles. The van der Waals surface area contributed by atoms with E-state index in [-0.39, 0.29) is 5.92 Å². The van der Waals surface area contributed by atoms with Crippen molar-refractivity contribution in [3.05, 3.63) is 0 Å². The van der Waals surface area contributed by atoms with Crippen LogP contribution in [0.5, 0.6) is 0 Å². The van der Waals surface area contributed by atoms with Crippen molar-refractivity contribution in [3.8, 4) is 0 Å². The van der Waals surface area contributed by atoms with Crippen LogP contribution in [-0.4, -0.2) is 35.7 Å². The summed E-state index contributed by atoms with van der Waals surface area (Å²) in [7, 11) is 1.27. The van der Waals surface area contributed by atoms with E-state index in [0.717, 1.165) is 24.7 Å². The van der Waals surface area contributed by atoms with Crippen molar-refractivity contribution in [1.82, 2.24) is 5.32 Å². The van der Waals surface area contributed by atoms with E-state index in [1.165, 1.54) is 13.5 Å². The third-order valence-corrected chi connectivity index (χ3v) is 3.58. The number of aliphatic hydroxyl groups excluding tert-OH is 1. The average molecular weight is 215 g/mol. The molecule has 0 radical (unpaired) electrons. The summed E-state index contributed by atoms with van der Waals surface area (Å²) in [5.74, 6) is 1.67. The largest absolute Gasteiger partial charge is 0.453 e. The molecule has 0 aromatic heterocycles. The first-order valence-electron chi connectivity index (χ1n) is 5.32. The highest BCUT2D eigenvalue weighted by atomic mass is 16.5. The average Bonchev–Trinajstić information content (AvgIpc) is 2.81. The fourth-order valence-electron chi connectivity index (χ4n) is 2.69. The van der Waals surface area contributed by atoms with Crippen molar-refractivity contribution in [3.63, 3.8) is 0 Å². The number of alkyl carbamates (subject to hydrolysis) is 1. The highest BCUT2D eigenvalue weighted by molar-refractivity contribution is 5.67. The Kier molecular flexibility index (Phi) is 2.84. The third-order valence-electron chi connectivity index (χ3n) is 3.58. The Morgan fingerprint density at radius 1 is 1.33 bits per heavy atom. The van der Waals surface area contributed by atoms with Crippen molar-refractivity contribution in [1.29, 1.82) is 0 Å². The van der Waals surface area contributed by atoms with E-state index >= 15 is 0 Å². The van der Waals surface area contributed by atoms with Gasteiger partial charge in [0.1, 0.15) is 0 Å². The Balaban J connectivity index is 1.90. The maximum absolute atomic E-state index is 11.0.